The topological polar surface area (TPSA) is 50.2 Å². The van der Waals surface area contributed by atoms with Crippen LogP contribution >= 0.6 is 0 Å². The quantitative estimate of drug-likeness (QED) is 0.862. The summed E-state index contributed by atoms with van der Waals surface area (Å²) in [5.74, 6) is 0.594. The molecule has 2 rings (SSSR count). The molecule has 0 spiro atoms. The molecule has 1 aromatic heterocycles. The molecule has 5 nitrogen and oxygen atoms in total. The van der Waals surface area contributed by atoms with Crippen molar-refractivity contribution in [1.82, 2.24) is 14.9 Å². The summed E-state index contributed by atoms with van der Waals surface area (Å²) in [7, 11) is 0. The summed E-state index contributed by atoms with van der Waals surface area (Å²) in [6.07, 6.45) is 6.94. The third kappa shape index (κ3) is 3.39. The Morgan fingerprint density at radius 2 is 2.35 bits per heavy atom. The lowest BCUT2D eigenvalue weighted by Gasteiger charge is -2.26. The summed E-state index contributed by atoms with van der Waals surface area (Å²) < 4.78 is 1.76. The monoisotopic (exact) mass is 278 g/mol. The van der Waals surface area contributed by atoms with E-state index in [4.69, 9.17) is 0 Å². The first-order valence-corrected chi connectivity index (χ1v) is 7.69. The van der Waals surface area contributed by atoms with Crippen molar-refractivity contribution >= 4 is 5.82 Å². The Morgan fingerprint density at radius 3 is 2.95 bits per heavy atom. The van der Waals surface area contributed by atoms with Gasteiger partial charge in [0.15, 0.2) is 5.82 Å². The number of anilines is 1. The van der Waals surface area contributed by atoms with Crippen molar-refractivity contribution < 1.29 is 0 Å². The maximum atomic E-state index is 12.5. The Hall–Kier alpha value is -1.36. The molecule has 1 unspecified atom stereocenters. The summed E-state index contributed by atoms with van der Waals surface area (Å²) in [6.45, 7) is 9.02. The molecule has 5 heteroatoms. The van der Waals surface area contributed by atoms with Crippen molar-refractivity contribution in [2.24, 2.45) is 0 Å². The van der Waals surface area contributed by atoms with Crippen LogP contribution in [0.3, 0.4) is 0 Å². The van der Waals surface area contributed by atoms with E-state index >= 15 is 0 Å². The Labute approximate surface area is 121 Å². The fourth-order valence-corrected chi connectivity index (χ4v) is 2.77. The van der Waals surface area contributed by atoms with Crippen LogP contribution in [0.2, 0.25) is 0 Å². The van der Waals surface area contributed by atoms with Gasteiger partial charge in [-0.1, -0.05) is 6.92 Å². The van der Waals surface area contributed by atoms with E-state index in [1.54, 1.807) is 17.0 Å². The normalized spacial score (nSPS) is 18.7. The predicted octanol–water partition coefficient (Wildman–Crippen LogP) is 1.79. The van der Waals surface area contributed by atoms with Gasteiger partial charge in [-0.15, -0.1) is 0 Å². The number of nitrogens with zero attached hydrogens (tertiary/aromatic N) is 3. The highest BCUT2D eigenvalue weighted by atomic mass is 16.1. The standard InChI is InChI=1S/C15H26N4O/c1-4-9-18(11-13-6-5-7-16-13)14-15(20)19(12(2)3)10-8-17-14/h8,10,12-13,16H,4-7,9,11H2,1-3H3. The maximum Gasteiger partial charge on any atom is 0.293 e. The van der Waals surface area contributed by atoms with E-state index in [9.17, 15) is 4.79 Å². The molecule has 1 atom stereocenters. The number of hydrogen-bond donors (Lipinski definition) is 1. The molecule has 0 saturated carbocycles. The average Bonchev–Trinajstić information content (AvgIpc) is 2.91. The Bertz CT molecular complexity index is 477. The van der Waals surface area contributed by atoms with Gasteiger partial charge in [0.2, 0.25) is 0 Å². The second-order valence-electron chi connectivity index (χ2n) is 5.80. The van der Waals surface area contributed by atoms with Gasteiger partial charge in [-0.3, -0.25) is 4.79 Å². The molecule has 1 aromatic rings. The SMILES string of the molecule is CCCN(CC1CCCN1)c1nccn(C(C)C)c1=O. The smallest absolute Gasteiger partial charge is 0.293 e. The second-order valence-corrected chi connectivity index (χ2v) is 5.80. The molecule has 0 aliphatic carbocycles. The zero-order chi connectivity index (χ0) is 14.5. The summed E-state index contributed by atoms with van der Waals surface area (Å²) in [4.78, 5) is 19.0. The highest BCUT2D eigenvalue weighted by Gasteiger charge is 2.21. The molecule has 1 aliphatic rings. The number of nitrogens with one attached hydrogen (secondary N) is 1. The van der Waals surface area contributed by atoms with Crippen molar-refractivity contribution in [3.8, 4) is 0 Å². The van der Waals surface area contributed by atoms with Gasteiger partial charge in [0, 0.05) is 37.6 Å². The minimum absolute atomic E-state index is 0.0222. The van der Waals surface area contributed by atoms with Crippen LogP contribution in [0.25, 0.3) is 0 Å². The third-order valence-corrected chi connectivity index (χ3v) is 3.80. The van der Waals surface area contributed by atoms with Crippen LogP contribution in [0.5, 0.6) is 0 Å². The molecular weight excluding hydrogens is 252 g/mol. The molecule has 0 aromatic carbocycles. The molecule has 1 aliphatic heterocycles. The molecule has 1 fully saturated rings. The van der Waals surface area contributed by atoms with Crippen LogP contribution in [-0.4, -0.2) is 35.2 Å². The zero-order valence-corrected chi connectivity index (χ0v) is 12.8. The van der Waals surface area contributed by atoms with Gasteiger partial charge < -0.3 is 14.8 Å². The lowest BCUT2D eigenvalue weighted by Crippen LogP contribution is -2.42. The summed E-state index contributed by atoms with van der Waals surface area (Å²) in [6, 6.07) is 0.646. The minimum atomic E-state index is 0.0222. The van der Waals surface area contributed by atoms with Gasteiger partial charge in [0.1, 0.15) is 0 Å². The van der Waals surface area contributed by atoms with Crippen LogP contribution in [-0.2, 0) is 0 Å². The van der Waals surface area contributed by atoms with Crippen molar-refractivity contribution in [3.05, 3.63) is 22.7 Å². The lowest BCUT2D eigenvalue weighted by molar-refractivity contribution is 0.552. The van der Waals surface area contributed by atoms with Gasteiger partial charge in [0.05, 0.1) is 0 Å². The minimum Gasteiger partial charge on any atom is -0.350 e. The molecule has 112 valence electrons. The number of rotatable bonds is 6. The van der Waals surface area contributed by atoms with Gasteiger partial charge in [-0.25, -0.2) is 4.98 Å². The van der Waals surface area contributed by atoms with E-state index in [2.05, 4.69) is 22.1 Å². The highest BCUT2D eigenvalue weighted by Crippen LogP contribution is 2.12. The molecule has 1 saturated heterocycles. The predicted molar refractivity (Wildman–Crippen MR) is 82.4 cm³/mol. The van der Waals surface area contributed by atoms with Crippen molar-refractivity contribution in [1.29, 1.82) is 0 Å². The first-order valence-electron chi connectivity index (χ1n) is 7.69. The van der Waals surface area contributed by atoms with Crippen LogP contribution in [0.4, 0.5) is 5.82 Å². The molecule has 2 heterocycles. The van der Waals surface area contributed by atoms with Gasteiger partial charge in [0.25, 0.3) is 5.56 Å². The molecular formula is C15H26N4O. The van der Waals surface area contributed by atoms with Crippen LogP contribution in [0, 0.1) is 0 Å². The van der Waals surface area contributed by atoms with Crippen molar-refractivity contribution in [3.63, 3.8) is 0 Å². The highest BCUT2D eigenvalue weighted by molar-refractivity contribution is 5.36. The number of hydrogen-bond acceptors (Lipinski definition) is 4. The fraction of sp³-hybridized carbons (Fsp3) is 0.733. The van der Waals surface area contributed by atoms with Crippen molar-refractivity contribution in [2.75, 3.05) is 24.5 Å². The van der Waals surface area contributed by atoms with Crippen LogP contribution in [0.1, 0.15) is 46.1 Å². The van der Waals surface area contributed by atoms with Gasteiger partial charge >= 0.3 is 0 Å². The first-order chi connectivity index (χ1) is 9.63. The average molecular weight is 278 g/mol. The molecule has 0 radical (unpaired) electrons. The van der Waals surface area contributed by atoms with Crippen LogP contribution in [0.15, 0.2) is 17.2 Å². The van der Waals surface area contributed by atoms with E-state index in [1.807, 2.05) is 13.8 Å². The molecule has 0 bridgehead atoms. The van der Waals surface area contributed by atoms with E-state index in [-0.39, 0.29) is 11.6 Å². The summed E-state index contributed by atoms with van der Waals surface area (Å²) >= 11 is 0. The molecule has 20 heavy (non-hydrogen) atoms. The molecule has 0 amide bonds. The van der Waals surface area contributed by atoms with Gasteiger partial charge in [-0.2, -0.15) is 0 Å². The Morgan fingerprint density at radius 1 is 1.55 bits per heavy atom. The maximum absolute atomic E-state index is 12.5. The first kappa shape index (κ1) is 15.0. The fourth-order valence-electron chi connectivity index (χ4n) is 2.77. The Kier molecular flexibility index (Phi) is 5.17. The van der Waals surface area contributed by atoms with Gasteiger partial charge in [-0.05, 0) is 39.7 Å². The van der Waals surface area contributed by atoms with E-state index in [1.165, 1.54) is 12.8 Å². The largest absolute Gasteiger partial charge is 0.350 e. The Balaban J connectivity index is 2.24. The third-order valence-electron chi connectivity index (χ3n) is 3.80. The van der Waals surface area contributed by atoms with Crippen LogP contribution < -0.4 is 15.8 Å². The van der Waals surface area contributed by atoms with E-state index in [0.29, 0.717) is 11.9 Å². The van der Waals surface area contributed by atoms with Crippen molar-refractivity contribution in [2.45, 2.75) is 52.1 Å². The zero-order valence-electron chi connectivity index (χ0n) is 12.8. The van der Waals surface area contributed by atoms with E-state index in [0.717, 1.165) is 26.1 Å². The number of aromatic nitrogens is 2. The second kappa shape index (κ2) is 6.88. The summed E-state index contributed by atoms with van der Waals surface area (Å²) in [5.41, 5.74) is 0.0222. The summed E-state index contributed by atoms with van der Waals surface area (Å²) in [5, 5.41) is 3.49. The van der Waals surface area contributed by atoms with E-state index < -0.39 is 0 Å². The molecule has 1 N–H and O–H groups in total. The lowest BCUT2D eigenvalue weighted by atomic mass is 10.2.